The predicted molar refractivity (Wildman–Crippen MR) is 132 cm³/mol. The third-order valence-corrected chi connectivity index (χ3v) is 9.21. The lowest BCUT2D eigenvalue weighted by molar-refractivity contribution is -0.123. The Balaban J connectivity index is 1.55. The number of anilines is 2. The second kappa shape index (κ2) is 8.85. The number of nitrogens with zero attached hydrogens (tertiary/aromatic N) is 2. The third-order valence-electron chi connectivity index (χ3n) is 6.17. The van der Waals surface area contributed by atoms with Crippen molar-refractivity contribution in [1.29, 1.82) is 0 Å². The van der Waals surface area contributed by atoms with Crippen LogP contribution >= 0.6 is 11.3 Å². The van der Waals surface area contributed by atoms with Gasteiger partial charge in [-0.25, -0.2) is 8.42 Å². The molecule has 2 aliphatic rings. The van der Waals surface area contributed by atoms with E-state index in [4.69, 9.17) is 0 Å². The highest BCUT2D eigenvalue weighted by Gasteiger charge is 2.32. The van der Waals surface area contributed by atoms with Gasteiger partial charge in [0.05, 0.1) is 14.8 Å². The summed E-state index contributed by atoms with van der Waals surface area (Å²) in [4.78, 5) is 28.3. The van der Waals surface area contributed by atoms with Crippen molar-refractivity contribution in [1.82, 2.24) is 4.31 Å². The average molecular weight is 490 g/mol. The van der Waals surface area contributed by atoms with Crippen molar-refractivity contribution in [3.63, 3.8) is 0 Å². The Labute approximate surface area is 199 Å². The normalized spacial score (nSPS) is 17.2. The van der Waals surface area contributed by atoms with Gasteiger partial charge in [0, 0.05) is 30.7 Å². The summed E-state index contributed by atoms with van der Waals surface area (Å²) in [7, 11) is -3.51. The van der Waals surface area contributed by atoms with Crippen LogP contribution < -0.4 is 10.2 Å². The molecule has 0 saturated carbocycles. The van der Waals surface area contributed by atoms with Gasteiger partial charge in [0.25, 0.3) is 5.91 Å². The fourth-order valence-electron chi connectivity index (χ4n) is 4.18. The van der Waals surface area contributed by atoms with E-state index in [1.165, 1.54) is 11.3 Å². The standard InChI is InChI=1S/C24H31N3O4S2/c1-16-14-20(25-23(29)24(2,3)4)32-21(16)22(28)27-13-10-17-15-18(8-9-19(17)27)33(30,31)26-11-6-5-7-12-26/h8-9,14-15H,5-7,10-13H2,1-4H3,(H,25,29). The van der Waals surface area contributed by atoms with Gasteiger partial charge in [0.2, 0.25) is 15.9 Å². The van der Waals surface area contributed by atoms with Crippen molar-refractivity contribution < 1.29 is 18.0 Å². The summed E-state index contributed by atoms with van der Waals surface area (Å²) in [5, 5.41) is 3.55. The number of sulfonamides is 1. The molecule has 2 aromatic rings. The van der Waals surface area contributed by atoms with Crippen LogP contribution in [0.4, 0.5) is 10.7 Å². The Bertz CT molecular complexity index is 1190. The van der Waals surface area contributed by atoms with Crippen molar-refractivity contribution in [3.8, 4) is 0 Å². The predicted octanol–water partition coefficient (Wildman–Crippen LogP) is 4.42. The molecule has 2 amide bonds. The Morgan fingerprint density at radius 3 is 2.39 bits per heavy atom. The van der Waals surface area contributed by atoms with E-state index in [2.05, 4.69) is 5.32 Å². The number of hydrogen-bond donors (Lipinski definition) is 1. The Kier molecular flexibility index (Phi) is 6.41. The third kappa shape index (κ3) is 4.72. The average Bonchev–Trinajstić information content (AvgIpc) is 3.36. The quantitative estimate of drug-likeness (QED) is 0.689. The lowest BCUT2D eigenvalue weighted by Gasteiger charge is -2.26. The number of nitrogens with one attached hydrogen (secondary N) is 1. The zero-order valence-electron chi connectivity index (χ0n) is 19.6. The van der Waals surface area contributed by atoms with E-state index in [0.717, 1.165) is 36.1 Å². The van der Waals surface area contributed by atoms with Crippen LogP contribution in [-0.2, 0) is 21.2 Å². The number of benzene rings is 1. The molecule has 0 unspecified atom stereocenters. The zero-order chi connectivity index (χ0) is 24.0. The molecule has 1 saturated heterocycles. The number of aryl methyl sites for hydroxylation is 1. The highest BCUT2D eigenvalue weighted by atomic mass is 32.2. The number of hydrogen-bond acceptors (Lipinski definition) is 5. The smallest absolute Gasteiger partial charge is 0.268 e. The molecule has 3 heterocycles. The molecule has 0 atom stereocenters. The first kappa shape index (κ1) is 23.9. The van der Waals surface area contributed by atoms with Crippen LogP contribution in [0.1, 0.15) is 60.8 Å². The molecule has 1 N–H and O–H groups in total. The van der Waals surface area contributed by atoms with E-state index in [-0.39, 0.29) is 11.8 Å². The van der Waals surface area contributed by atoms with Crippen molar-refractivity contribution in [2.75, 3.05) is 29.9 Å². The summed E-state index contributed by atoms with van der Waals surface area (Å²) in [6.45, 7) is 9.02. The summed E-state index contributed by atoms with van der Waals surface area (Å²) < 4.78 is 27.7. The van der Waals surface area contributed by atoms with Crippen LogP contribution in [0.3, 0.4) is 0 Å². The lowest BCUT2D eigenvalue weighted by Crippen LogP contribution is -2.35. The maximum Gasteiger partial charge on any atom is 0.268 e. The molecule has 178 valence electrons. The minimum absolute atomic E-state index is 0.100. The van der Waals surface area contributed by atoms with Gasteiger partial charge in [-0.05, 0) is 61.6 Å². The van der Waals surface area contributed by atoms with Crippen LogP contribution in [0.2, 0.25) is 0 Å². The Morgan fingerprint density at radius 1 is 1.03 bits per heavy atom. The van der Waals surface area contributed by atoms with E-state index in [1.807, 2.05) is 33.8 Å². The SMILES string of the molecule is Cc1cc(NC(=O)C(C)(C)C)sc1C(=O)N1CCc2cc(S(=O)(=O)N3CCCCC3)ccc21. The summed E-state index contributed by atoms with van der Waals surface area (Å²) in [6.07, 6.45) is 3.47. The van der Waals surface area contributed by atoms with E-state index >= 15 is 0 Å². The van der Waals surface area contributed by atoms with E-state index in [9.17, 15) is 18.0 Å². The summed E-state index contributed by atoms with van der Waals surface area (Å²) >= 11 is 1.27. The zero-order valence-corrected chi connectivity index (χ0v) is 21.2. The molecular weight excluding hydrogens is 458 g/mol. The molecule has 1 aromatic heterocycles. The fourth-order valence-corrected chi connectivity index (χ4v) is 6.77. The van der Waals surface area contributed by atoms with Gasteiger partial charge >= 0.3 is 0 Å². The van der Waals surface area contributed by atoms with Gasteiger partial charge in [0.15, 0.2) is 0 Å². The van der Waals surface area contributed by atoms with E-state index in [1.54, 1.807) is 27.4 Å². The first-order chi connectivity index (χ1) is 15.5. The summed E-state index contributed by atoms with van der Waals surface area (Å²) in [6, 6.07) is 6.92. The molecule has 9 heteroatoms. The fraction of sp³-hybridized carbons (Fsp3) is 0.500. The molecule has 1 fully saturated rings. The Hall–Kier alpha value is -2.23. The lowest BCUT2D eigenvalue weighted by atomic mass is 9.96. The number of carbonyl (C=O) groups excluding carboxylic acids is 2. The van der Waals surface area contributed by atoms with Gasteiger partial charge in [-0.2, -0.15) is 4.31 Å². The minimum atomic E-state index is -3.51. The van der Waals surface area contributed by atoms with Crippen LogP contribution in [-0.4, -0.2) is 44.2 Å². The highest BCUT2D eigenvalue weighted by Crippen LogP contribution is 2.35. The van der Waals surface area contributed by atoms with Crippen molar-refractivity contribution in [2.24, 2.45) is 5.41 Å². The maximum absolute atomic E-state index is 13.4. The van der Waals surface area contributed by atoms with Crippen molar-refractivity contribution in [2.45, 2.75) is 58.3 Å². The van der Waals surface area contributed by atoms with E-state index < -0.39 is 15.4 Å². The molecule has 2 aliphatic heterocycles. The Morgan fingerprint density at radius 2 is 1.73 bits per heavy atom. The molecule has 7 nitrogen and oxygen atoms in total. The first-order valence-electron chi connectivity index (χ1n) is 11.4. The first-order valence-corrected chi connectivity index (χ1v) is 13.6. The molecule has 4 rings (SSSR count). The van der Waals surface area contributed by atoms with Crippen LogP contribution in [0, 0.1) is 12.3 Å². The molecule has 0 radical (unpaired) electrons. The number of rotatable bonds is 4. The van der Waals surface area contributed by atoms with Crippen LogP contribution in [0.5, 0.6) is 0 Å². The summed E-state index contributed by atoms with van der Waals surface area (Å²) in [5.74, 6) is -0.226. The molecule has 0 aliphatic carbocycles. The monoisotopic (exact) mass is 489 g/mol. The van der Waals surface area contributed by atoms with Gasteiger partial charge in [-0.15, -0.1) is 11.3 Å². The van der Waals surface area contributed by atoms with Crippen LogP contribution in [0.25, 0.3) is 0 Å². The second-order valence-corrected chi connectivity index (χ2v) is 12.8. The molecule has 33 heavy (non-hydrogen) atoms. The van der Waals surface area contributed by atoms with Gasteiger partial charge in [0.1, 0.15) is 0 Å². The van der Waals surface area contributed by atoms with Crippen molar-refractivity contribution >= 4 is 43.9 Å². The number of fused-ring (bicyclic) bond motifs is 1. The molecule has 1 aromatic carbocycles. The number of piperidine rings is 1. The maximum atomic E-state index is 13.4. The number of carbonyl (C=O) groups is 2. The van der Waals surface area contributed by atoms with Gasteiger partial charge in [-0.1, -0.05) is 27.2 Å². The highest BCUT2D eigenvalue weighted by molar-refractivity contribution is 7.89. The topological polar surface area (TPSA) is 86.8 Å². The van der Waals surface area contributed by atoms with Crippen LogP contribution in [0.15, 0.2) is 29.2 Å². The molecule has 0 spiro atoms. The van der Waals surface area contributed by atoms with Gasteiger partial charge in [-0.3, -0.25) is 9.59 Å². The largest absolute Gasteiger partial charge is 0.317 e. The summed E-state index contributed by atoms with van der Waals surface area (Å²) in [5.41, 5.74) is 1.91. The van der Waals surface area contributed by atoms with E-state index in [0.29, 0.717) is 40.8 Å². The second-order valence-electron chi connectivity index (χ2n) is 9.79. The molecular formula is C24H31N3O4S2. The minimum Gasteiger partial charge on any atom is -0.317 e. The van der Waals surface area contributed by atoms with Gasteiger partial charge < -0.3 is 10.2 Å². The molecule has 0 bridgehead atoms. The number of amides is 2. The number of thiophene rings is 1. The van der Waals surface area contributed by atoms with Crippen molar-refractivity contribution in [3.05, 3.63) is 40.3 Å².